The predicted molar refractivity (Wildman–Crippen MR) is 222 cm³/mol. The van der Waals surface area contributed by atoms with Gasteiger partial charge in [-0.25, -0.2) is 4.79 Å². The molecule has 3 aliphatic rings. The van der Waals surface area contributed by atoms with Crippen molar-refractivity contribution in [1.82, 2.24) is 4.90 Å². The number of nitrogens with zero attached hydrogens (tertiary/aromatic N) is 2. The van der Waals surface area contributed by atoms with Gasteiger partial charge in [0.05, 0.1) is 31.5 Å². The van der Waals surface area contributed by atoms with Crippen LogP contribution in [-0.4, -0.2) is 90.2 Å². The van der Waals surface area contributed by atoms with Crippen molar-refractivity contribution >= 4 is 23.6 Å². The number of fused-ring (bicyclic) bond motifs is 2. The first-order valence-corrected chi connectivity index (χ1v) is 21.1. The zero-order valence-corrected chi connectivity index (χ0v) is 34.5. The van der Waals surface area contributed by atoms with Crippen LogP contribution in [-0.2, 0) is 14.3 Å². The number of amides is 1. The van der Waals surface area contributed by atoms with Gasteiger partial charge in [-0.15, -0.1) is 24.9 Å². The van der Waals surface area contributed by atoms with Gasteiger partial charge in [-0.3, -0.25) is 0 Å². The molecule has 10 nitrogen and oxygen atoms in total. The summed E-state index contributed by atoms with van der Waals surface area (Å²) in [6.07, 6.45) is 10.9. The summed E-state index contributed by atoms with van der Waals surface area (Å²) in [6, 6.07) is 15.7. The van der Waals surface area contributed by atoms with E-state index in [0.29, 0.717) is 38.0 Å². The van der Waals surface area contributed by atoms with E-state index in [2.05, 4.69) is 37.4 Å². The molecule has 0 radical (unpaired) electrons. The molecule has 2 aliphatic carbocycles. The molecule has 11 heteroatoms. The van der Waals surface area contributed by atoms with Crippen LogP contribution >= 0.6 is 11.8 Å². The molecular formula is C45H62N2O8S. The van der Waals surface area contributed by atoms with Crippen molar-refractivity contribution in [1.29, 1.82) is 0 Å². The zero-order chi connectivity index (χ0) is 40.1. The lowest BCUT2D eigenvalue weighted by atomic mass is 9.55. The van der Waals surface area contributed by atoms with Crippen LogP contribution in [0.25, 0.3) is 0 Å². The highest BCUT2D eigenvalue weighted by Gasteiger charge is 2.65. The van der Waals surface area contributed by atoms with Gasteiger partial charge < -0.3 is 38.9 Å². The van der Waals surface area contributed by atoms with E-state index in [9.17, 15) is 15.0 Å². The number of rotatable bonds is 21. The first-order valence-electron chi connectivity index (χ1n) is 20.1. The van der Waals surface area contributed by atoms with E-state index in [-0.39, 0.29) is 44.2 Å². The van der Waals surface area contributed by atoms with Gasteiger partial charge in [0.1, 0.15) is 23.1 Å². The highest BCUT2D eigenvalue weighted by Crippen LogP contribution is 2.61. The average Bonchev–Trinajstić information content (AvgIpc) is 3.19. The molecule has 0 aromatic heterocycles. The van der Waals surface area contributed by atoms with E-state index >= 15 is 0 Å². The monoisotopic (exact) mass is 790 g/mol. The molecule has 0 bridgehead atoms. The SMILES string of the molecule is C=CCCOC(=O)N(C)[C@H]1CC(=NOC(C)(C)C)C2=C[C@H](CCCCO)[C@@H](CCCCO)[C@@H]3c4cc(OCCSc5ccccc5)ccc4O[C@@]1(OCC=C)[C@H]23. The molecular weight excluding hydrogens is 729 g/mol. The van der Waals surface area contributed by atoms with E-state index in [0.717, 1.165) is 54.0 Å². The number of aliphatic hydroxyl groups is 2. The predicted octanol–water partition coefficient (Wildman–Crippen LogP) is 8.93. The third-order valence-electron chi connectivity index (χ3n) is 10.7. The van der Waals surface area contributed by atoms with Crippen molar-refractivity contribution in [2.24, 2.45) is 22.9 Å². The maximum absolute atomic E-state index is 13.8. The van der Waals surface area contributed by atoms with Gasteiger partial charge in [0.15, 0.2) is 0 Å². The van der Waals surface area contributed by atoms with Crippen LogP contribution < -0.4 is 9.47 Å². The molecule has 0 saturated heterocycles. The summed E-state index contributed by atoms with van der Waals surface area (Å²) < 4.78 is 26.3. The van der Waals surface area contributed by atoms with Crippen molar-refractivity contribution < 1.29 is 38.8 Å². The number of thioether (sulfide) groups is 1. The minimum Gasteiger partial charge on any atom is -0.493 e. The molecule has 1 aliphatic heterocycles. The summed E-state index contributed by atoms with van der Waals surface area (Å²) >= 11 is 1.75. The summed E-state index contributed by atoms with van der Waals surface area (Å²) in [4.78, 5) is 22.8. The van der Waals surface area contributed by atoms with E-state index < -0.39 is 29.4 Å². The third-order valence-corrected chi connectivity index (χ3v) is 11.7. The summed E-state index contributed by atoms with van der Waals surface area (Å²) in [5, 5.41) is 24.5. The van der Waals surface area contributed by atoms with Gasteiger partial charge in [-0.1, -0.05) is 54.4 Å². The van der Waals surface area contributed by atoms with Crippen LogP contribution in [0.5, 0.6) is 11.5 Å². The van der Waals surface area contributed by atoms with Gasteiger partial charge in [0, 0.05) is 48.8 Å². The Balaban J connectivity index is 1.66. The lowest BCUT2D eigenvalue weighted by Gasteiger charge is -2.59. The first-order chi connectivity index (χ1) is 27.1. The summed E-state index contributed by atoms with van der Waals surface area (Å²) in [6.45, 7) is 14.8. The van der Waals surface area contributed by atoms with Crippen LogP contribution in [0.3, 0.4) is 0 Å². The zero-order valence-electron chi connectivity index (χ0n) is 33.7. The Morgan fingerprint density at radius 1 is 1.04 bits per heavy atom. The number of benzene rings is 2. The maximum Gasteiger partial charge on any atom is 0.409 e. The van der Waals surface area contributed by atoms with Gasteiger partial charge in [0.2, 0.25) is 5.79 Å². The topological polar surface area (TPSA) is 119 Å². The molecule has 306 valence electrons. The number of ether oxygens (including phenoxy) is 4. The van der Waals surface area contributed by atoms with E-state index in [4.69, 9.17) is 28.9 Å². The molecule has 1 amide bonds. The molecule has 1 heterocycles. The fourth-order valence-corrected chi connectivity index (χ4v) is 9.06. The van der Waals surface area contributed by atoms with Gasteiger partial charge in [0.25, 0.3) is 0 Å². The number of hydrogen-bond acceptors (Lipinski definition) is 10. The van der Waals surface area contributed by atoms with E-state index in [1.807, 2.05) is 51.1 Å². The van der Waals surface area contributed by atoms with Gasteiger partial charge >= 0.3 is 6.09 Å². The Labute approximate surface area is 337 Å². The van der Waals surface area contributed by atoms with Gasteiger partial charge in [-0.2, -0.15) is 0 Å². The highest BCUT2D eigenvalue weighted by atomic mass is 32.2. The fraction of sp³-hybridized carbons (Fsp3) is 0.556. The van der Waals surface area contributed by atoms with Crippen LogP contribution in [0, 0.1) is 17.8 Å². The standard InChI is InChI=1S/C45H62N2O8S/c1-7-9-26-52-43(50)47(6)40-31-38(46-55-44(3,4)5)36-29-32(17-13-15-23-48)35(20-14-16-24-49)41-37-30-33(51-27-28-56-34-18-11-10-12-19-34)21-22-39(37)54-45(40,42(36)41)53-25-8-2/h7-8,10-12,18-19,21-22,29-30,32,35,40-42,48-49H,1-2,9,13-17,20,23-28,31H2,3-6H3/t32-,35+,40-,41+,42+,45+/m0/s1. The number of hydrogen-bond donors (Lipinski definition) is 2. The molecule has 2 N–H and O–H groups in total. The summed E-state index contributed by atoms with van der Waals surface area (Å²) in [7, 11) is 1.73. The number of carbonyl (C=O) groups is 1. The molecule has 0 unspecified atom stereocenters. The largest absolute Gasteiger partial charge is 0.493 e. The second-order valence-electron chi connectivity index (χ2n) is 15.8. The Morgan fingerprint density at radius 2 is 1.79 bits per heavy atom. The Hall–Kier alpha value is -3.77. The van der Waals surface area contributed by atoms with E-state index in [1.54, 1.807) is 35.9 Å². The van der Waals surface area contributed by atoms with Crippen LogP contribution in [0.15, 0.2) is 95.5 Å². The van der Waals surface area contributed by atoms with Crippen molar-refractivity contribution in [2.75, 3.05) is 45.8 Å². The molecule has 56 heavy (non-hydrogen) atoms. The lowest BCUT2D eigenvalue weighted by Crippen LogP contribution is -2.69. The third kappa shape index (κ3) is 10.6. The summed E-state index contributed by atoms with van der Waals surface area (Å²) in [5.41, 5.74) is 2.17. The Kier molecular flexibility index (Phi) is 15.9. The summed E-state index contributed by atoms with van der Waals surface area (Å²) in [5.74, 6) is 0.565. The Morgan fingerprint density at radius 3 is 2.48 bits per heavy atom. The highest BCUT2D eigenvalue weighted by molar-refractivity contribution is 7.99. The average molecular weight is 791 g/mol. The van der Waals surface area contributed by atoms with E-state index in [1.165, 1.54) is 4.90 Å². The fourth-order valence-electron chi connectivity index (χ4n) is 8.30. The van der Waals surface area contributed by atoms with Crippen molar-refractivity contribution in [3.63, 3.8) is 0 Å². The number of unbranched alkanes of at least 4 members (excludes halogenated alkanes) is 2. The quantitative estimate of drug-likeness (QED) is 0.0553. The van der Waals surface area contributed by atoms with Crippen LogP contribution in [0.1, 0.15) is 83.6 Å². The first kappa shape index (κ1) is 43.4. The maximum atomic E-state index is 13.8. The number of likely N-dealkylation sites (N-methyl/N-ethyl adjacent to an activating group) is 1. The number of oxime groups is 1. The van der Waals surface area contributed by atoms with Crippen molar-refractivity contribution in [3.8, 4) is 11.5 Å². The van der Waals surface area contributed by atoms with Crippen molar-refractivity contribution in [2.45, 2.75) is 100 Å². The van der Waals surface area contributed by atoms with Gasteiger partial charge in [-0.05, 0) is 101 Å². The van der Waals surface area contributed by atoms with Crippen LogP contribution in [0.2, 0.25) is 0 Å². The normalized spacial score (nSPS) is 24.6. The molecule has 1 fully saturated rings. The molecule has 2 aromatic rings. The minimum atomic E-state index is -1.34. The number of carbonyl (C=O) groups excluding carboxylic acids is 1. The second-order valence-corrected chi connectivity index (χ2v) is 17.0. The molecule has 5 rings (SSSR count). The molecule has 6 atom stereocenters. The lowest BCUT2D eigenvalue weighted by molar-refractivity contribution is -0.253. The molecule has 1 saturated carbocycles. The number of aliphatic hydroxyl groups excluding tert-OH is 2. The van der Waals surface area contributed by atoms with Crippen molar-refractivity contribution in [3.05, 3.63) is 91.1 Å². The van der Waals surface area contributed by atoms with Crippen LogP contribution in [0.4, 0.5) is 4.79 Å². The minimum absolute atomic E-state index is 0.112. The smallest absolute Gasteiger partial charge is 0.409 e. The Bertz CT molecular complexity index is 1660. The molecule has 2 aromatic carbocycles. The second kappa shape index (κ2) is 20.6. The molecule has 0 spiro atoms. The number of allylic oxidation sites excluding steroid dienone is 1.